The zero-order valence-corrected chi connectivity index (χ0v) is 9.01. The number of nitrogens with one attached hydrogen (secondary N) is 1. The highest BCUT2D eigenvalue weighted by Crippen LogP contribution is 2.26. The number of hydrogen-bond donors (Lipinski definition) is 3. The molecule has 17 heavy (non-hydrogen) atoms. The van der Waals surface area contributed by atoms with Gasteiger partial charge in [-0.3, -0.25) is 4.79 Å². The van der Waals surface area contributed by atoms with Gasteiger partial charge in [0.05, 0.1) is 6.42 Å². The van der Waals surface area contributed by atoms with Crippen molar-refractivity contribution in [3.05, 3.63) is 41.5 Å². The Morgan fingerprint density at radius 3 is 3.00 bits per heavy atom. The van der Waals surface area contributed by atoms with Crippen molar-refractivity contribution in [3.63, 3.8) is 0 Å². The lowest BCUT2D eigenvalue weighted by molar-refractivity contribution is -0.131. The largest absolute Gasteiger partial charge is 0.478 e. The quantitative estimate of drug-likeness (QED) is 0.673. The molecule has 5 nitrogen and oxygen atoms in total. The summed E-state index contributed by atoms with van der Waals surface area (Å²) in [4.78, 5) is 21.5. The molecule has 1 aliphatic heterocycles. The Kier molecular flexibility index (Phi) is 2.93. The zero-order chi connectivity index (χ0) is 12.4. The van der Waals surface area contributed by atoms with E-state index in [0.717, 1.165) is 22.9 Å². The number of anilines is 1. The number of aliphatic carboxylic acids is 1. The Balaban J connectivity index is 2.21. The number of carboxylic acids is 1. The molecule has 1 unspecified atom stereocenters. The molecular formula is C12H12N2O3. The number of carbonyl (C=O) groups excluding carboxylic acids is 1. The summed E-state index contributed by atoms with van der Waals surface area (Å²) in [6.07, 6.45) is 2.77. The van der Waals surface area contributed by atoms with Crippen LogP contribution in [0.1, 0.15) is 17.2 Å². The summed E-state index contributed by atoms with van der Waals surface area (Å²) in [5.41, 5.74) is 8.30. The maximum Gasteiger partial charge on any atom is 0.328 e. The number of hydrogen-bond acceptors (Lipinski definition) is 3. The van der Waals surface area contributed by atoms with Crippen LogP contribution in [0.4, 0.5) is 5.69 Å². The Bertz CT molecular complexity index is 508. The van der Waals surface area contributed by atoms with Crippen molar-refractivity contribution in [2.75, 3.05) is 5.32 Å². The number of fused-ring (bicyclic) bond motifs is 1. The molecule has 1 aliphatic rings. The molecule has 0 bridgehead atoms. The Hall–Kier alpha value is -2.14. The first kappa shape index (κ1) is 11.3. The average Bonchev–Trinajstić information content (AvgIpc) is 2.64. The number of carboxylic acid groups (broad SMARTS) is 1. The molecule has 0 fully saturated rings. The van der Waals surface area contributed by atoms with E-state index >= 15 is 0 Å². The number of nitrogens with two attached hydrogens (primary N) is 1. The van der Waals surface area contributed by atoms with E-state index in [0.29, 0.717) is 6.42 Å². The summed E-state index contributed by atoms with van der Waals surface area (Å²) >= 11 is 0. The van der Waals surface area contributed by atoms with Crippen LogP contribution < -0.4 is 11.1 Å². The van der Waals surface area contributed by atoms with Gasteiger partial charge in [0.1, 0.15) is 0 Å². The van der Waals surface area contributed by atoms with E-state index in [9.17, 15) is 9.59 Å². The van der Waals surface area contributed by atoms with Crippen molar-refractivity contribution in [1.29, 1.82) is 0 Å². The Labute approximate surface area is 97.9 Å². The van der Waals surface area contributed by atoms with Gasteiger partial charge in [0.2, 0.25) is 5.91 Å². The van der Waals surface area contributed by atoms with Crippen molar-refractivity contribution < 1.29 is 14.7 Å². The molecule has 0 spiro atoms. The fourth-order valence-electron chi connectivity index (χ4n) is 1.75. The first-order valence-electron chi connectivity index (χ1n) is 5.15. The van der Waals surface area contributed by atoms with Crippen LogP contribution in [0.3, 0.4) is 0 Å². The van der Waals surface area contributed by atoms with Crippen molar-refractivity contribution in [2.24, 2.45) is 5.73 Å². The average molecular weight is 232 g/mol. The van der Waals surface area contributed by atoms with Crippen LogP contribution in [0.15, 0.2) is 30.4 Å². The maximum absolute atomic E-state index is 11.2. The summed E-state index contributed by atoms with van der Waals surface area (Å²) < 4.78 is 0. The predicted octanol–water partition coefficient (Wildman–Crippen LogP) is 0.822. The van der Waals surface area contributed by atoms with Crippen LogP contribution in [-0.4, -0.2) is 17.0 Å². The van der Waals surface area contributed by atoms with E-state index in [1.165, 1.54) is 6.08 Å². The van der Waals surface area contributed by atoms with Crippen LogP contribution in [0, 0.1) is 0 Å². The topological polar surface area (TPSA) is 92.4 Å². The molecule has 1 atom stereocenters. The smallest absolute Gasteiger partial charge is 0.328 e. The minimum atomic E-state index is -1.03. The molecule has 0 radical (unpaired) electrons. The third kappa shape index (κ3) is 2.51. The van der Waals surface area contributed by atoms with Crippen LogP contribution in [0.25, 0.3) is 0 Å². The summed E-state index contributed by atoms with van der Waals surface area (Å²) in [5.74, 6) is -1.06. The molecule has 2 rings (SSSR count). The molecule has 4 N–H and O–H groups in total. The SMILES string of the molecule is NC(/C=C/C(=O)O)c1ccc2c(c1)CC(=O)N2. The molecule has 1 heterocycles. The summed E-state index contributed by atoms with van der Waals surface area (Å²) in [5, 5.41) is 11.2. The van der Waals surface area contributed by atoms with Crippen LogP contribution >= 0.6 is 0 Å². The first-order valence-corrected chi connectivity index (χ1v) is 5.15. The third-order valence-electron chi connectivity index (χ3n) is 2.59. The summed E-state index contributed by atoms with van der Waals surface area (Å²) in [6.45, 7) is 0. The first-order chi connectivity index (χ1) is 8.06. The fourth-order valence-corrected chi connectivity index (χ4v) is 1.75. The number of carbonyl (C=O) groups is 2. The Morgan fingerprint density at radius 1 is 1.53 bits per heavy atom. The van der Waals surface area contributed by atoms with E-state index in [1.807, 2.05) is 6.07 Å². The highest BCUT2D eigenvalue weighted by atomic mass is 16.4. The van der Waals surface area contributed by atoms with E-state index in [1.54, 1.807) is 12.1 Å². The highest BCUT2D eigenvalue weighted by Gasteiger charge is 2.18. The maximum atomic E-state index is 11.2. The zero-order valence-electron chi connectivity index (χ0n) is 9.01. The van der Waals surface area contributed by atoms with Gasteiger partial charge in [-0.15, -0.1) is 0 Å². The van der Waals surface area contributed by atoms with Crippen molar-refractivity contribution in [1.82, 2.24) is 0 Å². The second-order valence-electron chi connectivity index (χ2n) is 3.86. The van der Waals surface area contributed by atoms with Gasteiger partial charge >= 0.3 is 5.97 Å². The molecule has 1 aromatic carbocycles. The summed E-state index contributed by atoms with van der Waals surface area (Å²) in [7, 11) is 0. The van der Waals surface area contributed by atoms with E-state index in [2.05, 4.69) is 5.32 Å². The third-order valence-corrected chi connectivity index (χ3v) is 2.59. The standard InChI is InChI=1S/C12H12N2O3/c13-9(2-4-12(16)17)7-1-3-10-8(5-7)6-11(15)14-10/h1-5,9H,6,13H2,(H,14,15)(H,16,17)/b4-2+. The van der Waals surface area contributed by atoms with Gasteiger partial charge in [0.15, 0.2) is 0 Å². The van der Waals surface area contributed by atoms with Crippen LogP contribution in [0.5, 0.6) is 0 Å². The van der Waals surface area contributed by atoms with Gasteiger partial charge in [0.25, 0.3) is 0 Å². The highest BCUT2D eigenvalue weighted by molar-refractivity contribution is 5.99. The lowest BCUT2D eigenvalue weighted by Crippen LogP contribution is -2.08. The van der Waals surface area contributed by atoms with Crippen LogP contribution in [-0.2, 0) is 16.0 Å². The van der Waals surface area contributed by atoms with E-state index < -0.39 is 12.0 Å². The van der Waals surface area contributed by atoms with Crippen molar-refractivity contribution in [3.8, 4) is 0 Å². The lowest BCUT2D eigenvalue weighted by Gasteiger charge is -2.08. The minimum absolute atomic E-state index is 0.0354. The van der Waals surface area contributed by atoms with Gasteiger partial charge < -0.3 is 16.2 Å². The molecule has 1 aromatic rings. The molecule has 1 amide bonds. The van der Waals surface area contributed by atoms with Crippen molar-refractivity contribution in [2.45, 2.75) is 12.5 Å². The molecular weight excluding hydrogens is 220 g/mol. The van der Waals surface area contributed by atoms with E-state index in [-0.39, 0.29) is 5.91 Å². The van der Waals surface area contributed by atoms with Crippen molar-refractivity contribution >= 4 is 17.6 Å². The monoisotopic (exact) mass is 232 g/mol. The van der Waals surface area contributed by atoms with Gasteiger partial charge in [-0.25, -0.2) is 4.79 Å². The van der Waals surface area contributed by atoms with Gasteiger partial charge in [-0.1, -0.05) is 18.2 Å². The van der Waals surface area contributed by atoms with Crippen LogP contribution in [0.2, 0.25) is 0 Å². The van der Waals surface area contributed by atoms with Gasteiger partial charge in [-0.05, 0) is 17.2 Å². The number of amides is 1. The second kappa shape index (κ2) is 4.39. The lowest BCUT2D eigenvalue weighted by atomic mass is 10.0. The Morgan fingerprint density at radius 2 is 2.29 bits per heavy atom. The molecule has 0 saturated carbocycles. The molecule has 0 saturated heterocycles. The predicted molar refractivity (Wildman–Crippen MR) is 62.5 cm³/mol. The van der Waals surface area contributed by atoms with E-state index in [4.69, 9.17) is 10.8 Å². The molecule has 0 aromatic heterocycles. The number of rotatable bonds is 3. The second-order valence-corrected chi connectivity index (χ2v) is 3.86. The minimum Gasteiger partial charge on any atom is -0.478 e. The normalized spacial score (nSPS) is 15.7. The van der Waals surface area contributed by atoms with Gasteiger partial charge in [-0.2, -0.15) is 0 Å². The van der Waals surface area contributed by atoms with Gasteiger partial charge in [0, 0.05) is 17.8 Å². The number of benzene rings is 1. The molecule has 5 heteroatoms. The molecule has 88 valence electrons. The summed E-state index contributed by atoms with van der Waals surface area (Å²) in [6, 6.07) is 4.90. The fraction of sp³-hybridized carbons (Fsp3) is 0.167. The molecule has 0 aliphatic carbocycles.